The molecule has 0 aliphatic carbocycles. The molecule has 1 nitrogen and oxygen atoms in total. The lowest BCUT2D eigenvalue weighted by atomic mass is 9.92. The third-order valence-electron chi connectivity index (χ3n) is 3.65. The average molecular weight is 338 g/mol. The van der Waals surface area contributed by atoms with Crippen molar-refractivity contribution >= 4 is 45.6 Å². The van der Waals surface area contributed by atoms with E-state index in [1.54, 1.807) is 11.3 Å². The normalized spacial score (nSPS) is 21.9. The predicted molar refractivity (Wildman–Crippen MR) is 89.7 cm³/mol. The maximum absolute atomic E-state index is 6.09. The number of rotatable bonds is 2. The van der Waals surface area contributed by atoms with Gasteiger partial charge in [0, 0.05) is 27.1 Å². The van der Waals surface area contributed by atoms with Gasteiger partial charge in [-0.1, -0.05) is 17.7 Å². The Bertz CT molecular complexity index is 713. The lowest BCUT2D eigenvalue weighted by Crippen LogP contribution is -2.32. The van der Waals surface area contributed by atoms with Crippen molar-refractivity contribution in [2.45, 2.75) is 12.0 Å². The quantitative estimate of drug-likeness (QED) is 0.664. The number of hydrogen-bond acceptors (Lipinski definition) is 4. The van der Waals surface area contributed by atoms with E-state index in [0.717, 1.165) is 10.9 Å². The summed E-state index contributed by atoms with van der Waals surface area (Å²) in [6.45, 7) is 0.979. The predicted octanol–water partition coefficient (Wildman–Crippen LogP) is 5.35. The van der Waals surface area contributed by atoms with E-state index in [2.05, 4.69) is 40.3 Å². The molecule has 0 saturated carbocycles. The maximum Gasteiger partial charge on any atom is 0.0931 e. The topological polar surface area (TPSA) is 12.0 Å². The highest BCUT2D eigenvalue weighted by Crippen LogP contribution is 2.43. The summed E-state index contributed by atoms with van der Waals surface area (Å²) in [5.74, 6) is 0.443. The molecule has 102 valence electrons. The largest absolute Gasteiger partial charge is 0.305 e. The standard InChI is InChI=1S/C15H12ClNS3/c16-13-4-3-11(20-13)10-8-17-14(12-2-1-6-18-12)9-5-7-19-15(9)10/h1-7,10,14,17H,8H2. The summed E-state index contributed by atoms with van der Waals surface area (Å²) in [5.41, 5.74) is 1.43. The van der Waals surface area contributed by atoms with E-state index < -0.39 is 0 Å². The van der Waals surface area contributed by atoms with Crippen molar-refractivity contribution in [1.82, 2.24) is 5.32 Å². The molecule has 0 bridgehead atoms. The van der Waals surface area contributed by atoms with Gasteiger partial charge in [-0.2, -0.15) is 0 Å². The van der Waals surface area contributed by atoms with Gasteiger partial charge in [-0.15, -0.1) is 34.0 Å². The first-order chi connectivity index (χ1) is 9.83. The van der Waals surface area contributed by atoms with Gasteiger partial charge in [-0.05, 0) is 40.6 Å². The minimum atomic E-state index is 0.350. The molecule has 2 unspecified atom stereocenters. The molecule has 4 heterocycles. The fourth-order valence-electron chi connectivity index (χ4n) is 2.75. The molecule has 0 aromatic carbocycles. The van der Waals surface area contributed by atoms with Crippen LogP contribution < -0.4 is 5.32 Å². The first-order valence-corrected chi connectivity index (χ1v) is 9.37. The van der Waals surface area contributed by atoms with Crippen molar-refractivity contribution in [1.29, 1.82) is 0 Å². The summed E-state index contributed by atoms with van der Waals surface area (Å²) in [4.78, 5) is 4.24. The number of thiophene rings is 3. The molecule has 2 atom stereocenters. The summed E-state index contributed by atoms with van der Waals surface area (Å²) in [6, 6.07) is 11.1. The van der Waals surface area contributed by atoms with Crippen LogP contribution in [0.5, 0.6) is 0 Å². The summed E-state index contributed by atoms with van der Waals surface area (Å²) in [7, 11) is 0. The molecule has 0 spiro atoms. The molecule has 0 radical (unpaired) electrons. The van der Waals surface area contributed by atoms with Gasteiger partial charge in [-0.25, -0.2) is 0 Å². The second-order valence-electron chi connectivity index (χ2n) is 4.79. The SMILES string of the molecule is Clc1ccc(C2CNC(c3cccs3)c3ccsc32)s1. The van der Waals surface area contributed by atoms with E-state index in [9.17, 15) is 0 Å². The average Bonchev–Trinajstić information content (AvgIpc) is 3.18. The number of halogens is 1. The monoisotopic (exact) mass is 337 g/mol. The Hall–Kier alpha value is -0.650. The van der Waals surface area contributed by atoms with Crippen LogP contribution in [-0.2, 0) is 0 Å². The van der Waals surface area contributed by atoms with Crippen LogP contribution in [0, 0.1) is 0 Å². The molecule has 1 aliphatic rings. The highest BCUT2D eigenvalue weighted by atomic mass is 35.5. The summed E-state index contributed by atoms with van der Waals surface area (Å²) < 4.78 is 0.874. The van der Waals surface area contributed by atoms with Crippen LogP contribution in [0.25, 0.3) is 0 Å². The summed E-state index contributed by atoms with van der Waals surface area (Å²) >= 11 is 11.5. The Morgan fingerprint density at radius 1 is 1.05 bits per heavy atom. The van der Waals surface area contributed by atoms with Gasteiger partial charge in [-0.3, -0.25) is 0 Å². The zero-order valence-corrected chi connectivity index (χ0v) is 13.7. The first-order valence-electron chi connectivity index (χ1n) is 6.42. The van der Waals surface area contributed by atoms with Crippen molar-refractivity contribution in [2.24, 2.45) is 0 Å². The number of hydrogen-bond donors (Lipinski definition) is 1. The highest BCUT2D eigenvalue weighted by molar-refractivity contribution is 7.16. The van der Waals surface area contributed by atoms with Gasteiger partial charge in [0.1, 0.15) is 0 Å². The molecule has 1 N–H and O–H groups in total. The summed E-state index contributed by atoms with van der Waals surface area (Å²) in [5, 5.41) is 8.06. The Balaban J connectivity index is 1.75. The van der Waals surface area contributed by atoms with Crippen LogP contribution >= 0.6 is 45.6 Å². The lowest BCUT2D eigenvalue weighted by Gasteiger charge is -2.29. The van der Waals surface area contributed by atoms with Crippen LogP contribution in [0.3, 0.4) is 0 Å². The van der Waals surface area contributed by atoms with Gasteiger partial charge < -0.3 is 5.32 Å². The minimum absolute atomic E-state index is 0.350. The van der Waals surface area contributed by atoms with Crippen LogP contribution in [0.2, 0.25) is 4.34 Å². The van der Waals surface area contributed by atoms with Crippen LogP contribution in [0.1, 0.15) is 32.2 Å². The van der Waals surface area contributed by atoms with Crippen molar-refractivity contribution in [3.05, 3.63) is 65.6 Å². The van der Waals surface area contributed by atoms with Gasteiger partial charge in [0.15, 0.2) is 0 Å². The first kappa shape index (κ1) is 13.0. The van der Waals surface area contributed by atoms with Crippen molar-refractivity contribution in [3.8, 4) is 0 Å². The van der Waals surface area contributed by atoms with Crippen molar-refractivity contribution in [3.63, 3.8) is 0 Å². The van der Waals surface area contributed by atoms with Crippen molar-refractivity contribution < 1.29 is 0 Å². The summed E-state index contributed by atoms with van der Waals surface area (Å²) in [6.07, 6.45) is 0. The fourth-order valence-corrected chi connectivity index (χ4v) is 5.87. The Morgan fingerprint density at radius 3 is 2.75 bits per heavy atom. The Kier molecular flexibility index (Phi) is 3.44. The molecule has 1 aliphatic heterocycles. The molecule has 3 aromatic heterocycles. The molecule has 0 fully saturated rings. The van der Waals surface area contributed by atoms with E-state index in [1.807, 2.05) is 28.7 Å². The van der Waals surface area contributed by atoms with Gasteiger partial charge in [0.25, 0.3) is 0 Å². The van der Waals surface area contributed by atoms with Gasteiger partial charge in [0.05, 0.1) is 10.4 Å². The number of nitrogens with one attached hydrogen (secondary N) is 1. The Labute approximate surface area is 134 Å². The van der Waals surface area contributed by atoms with Gasteiger partial charge >= 0.3 is 0 Å². The molecular weight excluding hydrogens is 326 g/mol. The molecule has 20 heavy (non-hydrogen) atoms. The third-order valence-corrected chi connectivity index (χ3v) is 6.97. The van der Waals surface area contributed by atoms with E-state index in [1.165, 1.54) is 20.2 Å². The molecule has 3 aromatic rings. The van der Waals surface area contributed by atoms with E-state index in [4.69, 9.17) is 11.6 Å². The van der Waals surface area contributed by atoms with Crippen LogP contribution in [0.4, 0.5) is 0 Å². The molecule has 0 saturated heterocycles. The third kappa shape index (κ3) is 2.16. The smallest absolute Gasteiger partial charge is 0.0931 e. The van der Waals surface area contributed by atoms with Crippen LogP contribution in [0.15, 0.2) is 41.1 Å². The second-order valence-corrected chi connectivity index (χ2v) is 8.46. The van der Waals surface area contributed by atoms with E-state index in [0.29, 0.717) is 12.0 Å². The Morgan fingerprint density at radius 2 is 2.00 bits per heavy atom. The zero-order valence-electron chi connectivity index (χ0n) is 10.5. The van der Waals surface area contributed by atoms with Gasteiger partial charge in [0.2, 0.25) is 0 Å². The lowest BCUT2D eigenvalue weighted by molar-refractivity contribution is 0.548. The maximum atomic E-state index is 6.09. The minimum Gasteiger partial charge on any atom is -0.305 e. The highest BCUT2D eigenvalue weighted by Gasteiger charge is 2.31. The fraction of sp³-hybridized carbons (Fsp3) is 0.200. The molecule has 0 amide bonds. The molecular formula is C15H12ClNS3. The number of fused-ring (bicyclic) bond motifs is 1. The van der Waals surface area contributed by atoms with Crippen LogP contribution in [-0.4, -0.2) is 6.54 Å². The van der Waals surface area contributed by atoms with E-state index in [-0.39, 0.29) is 0 Å². The second kappa shape index (κ2) is 5.28. The van der Waals surface area contributed by atoms with E-state index >= 15 is 0 Å². The van der Waals surface area contributed by atoms with Crippen molar-refractivity contribution in [2.75, 3.05) is 6.54 Å². The molecule has 4 rings (SSSR count). The zero-order chi connectivity index (χ0) is 13.5. The molecule has 5 heteroatoms.